The van der Waals surface area contributed by atoms with Crippen LogP contribution in [0.2, 0.25) is 0 Å². The summed E-state index contributed by atoms with van der Waals surface area (Å²) in [5.41, 5.74) is 10.1. The molecule has 1 aliphatic heterocycles. The van der Waals surface area contributed by atoms with Crippen LogP contribution in [0, 0.1) is 19.8 Å². The molecule has 2 N–H and O–H groups in total. The highest BCUT2D eigenvalue weighted by atomic mass is 15.1. The number of rotatable bonds is 2. The molecule has 0 saturated carbocycles. The Hall–Kier alpha value is -0.860. The minimum absolute atomic E-state index is 0.507. The van der Waals surface area contributed by atoms with Gasteiger partial charge < -0.3 is 5.73 Å². The summed E-state index contributed by atoms with van der Waals surface area (Å²) in [6, 6.07) is 7.36. The number of nitrogens with two attached hydrogens (primary N) is 1. The van der Waals surface area contributed by atoms with Crippen LogP contribution >= 0.6 is 0 Å². The molecule has 17 heavy (non-hydrogen) atoms. The molecule has 0 radical (unpaired) electrons. The standard InChI is InChI=1S/C15H24N2/c1-11-6-7-13(9-12(11)2)15-14(10-16)5-4-8-17(15)3/h6-7,9,14-15H,4-5,8,10,16H2,1-3H3. The minimum Gasteiger partial charge on any atom is -0.330 e. The summed E-state index contributed by atoms with van der Waals surface area (Å²) in [5, 5.41) is 0. The summed E-state index contributed by atoms with van der Waals surface area (Å²) in [6.07, 6.45) is 2.54. The van der Waals surface area contributed by atoms with Crippen LogP contribution in [0.4, 0.5) is 0 Å². The van der Waals surface area contributed by atoms with Gasteiger partial charge in [0.1, 0.15) is 0 Å². The van der Waals surface area contributed by atoms with Crippen LogP contribution in [0.25, 0.3) is 0 Å². The molecule has 2 heteroatoms. The van der Waals surface area contributed by atoms with Crippen molar-refractivity contribution in [2.75, 3.05) is 20.1 Å². The van der Waals surface area contributed by atoms with Crippen molar-refractivity contribution in [3.8, 4) is 0 Å². The van der Waals surface area contributed by atoms with E-state index in [9.17, 15) is 0 Å². The molecule has 0 spiro atoms. The molecule has 1 aromatic carbocycles. The molecule has 0 amide bonds. The van der Waals surface area contributed by atoms with Crippen LogP contribution in [-0.2, 0) is 0 Å². The number of hydrogen-bond donors (Lipinski definition) is 1. The van der Waals surface area contributed by atoms with Gasteiger partial charge in [-0.25, -0.2) is 0 Å². The highest BCUT2D eigenvalue weighted by molar-refractivity contribution is 5.32. The molecule has 1 fully saturated rings. The zero-order valence-corrected chi connectivity index (χ0v) is 11.2. The average Bonchev–Trinajstić information content (AvgIpc) is 2.32. The first-order chi connectivity index (χ1) is 8.13. The molecule has 94 valence electrons. The average molecular weight is 232 g/mol. The highest BCUT2D eigenvalue weighted by Crippen LogP contribution is 2.34. The van der Waals surface area contributed by atoms with E-state index in [-0.39, 0.29) is 0 Å². The zero-order chi connectivity index (χ0) is 12.4. The fraction of sp³-hybridized carbons (Fsp3) is 0.600. The minimum atomic E-state index is 0.507. The Morgan fingerprint density at radius 2 is 2.06 bits per heavy atom. The van der Waals surface area contributed by atoms with Gasteiger partial charge in [0.15, 0.2) is 0 Å². The lowest BCUT2D eigenvalue weighted by Crippen LogP contribution is -2.39. The van der Waals surface area contributed by atoms with Crippen molar-refractivity contribution in [2.24, 2.45) is 11.7 Å². The molecule has 1 aliphatic rings. The number of piperidine rings is 1. The van der Waals surface area contributed by atoms with Gasteiger partial charge in [-0.3, -0.25) is 4.90 Å². The Labute approximate surface area is 105 Å². The summed E-state index contributed by atoms with van der Waals surface area (Å²) in [7, 11) is 2.22. The van der Waals surface area contributed by atoms with Crippen LogP contribution in [0.15, 0.2) is 18.2 Å². The lowest BCUT2D eigenvalue weighted by molar-refractivity contribution is 0.125. The van der Waals surface area contributed by atoms with Crippen molar-refractivity contribution in [2.45, 2.75) is 32.7 Å². The second-order valence-electron chi connectivity index (χ2n) is 5.41. The molecule has 0 aromatic heterocycles. The van der Waals surface area contributed by atoms with Gasteiger partial charge in [-0.1, -0.05) is 18.2 Å². The Morgan fingerprint density at radius 1 is 1.29 bits per heavy atom. The monoisotopic (exact) mass is 232 g/mol. The third kappa shape index (κ3) is 2.53. The van der Waals surface area contributed by atoms with Gasteiger partial charge in [0, 0.05) is 6.04 Å². The van der Waals surface area contributed by atoms with Crippen molar-refractivity contribution in [1.29, 1.82) is 0 Å². The molecule has 2 nitrogen and oxygen atoms in total. The second-order valence-corrected chi connectivity index (χ2v) is 5.41. The summed E-state index contributed by atoms with van der Waals surface area (Å²) < 4.78 is 0. The number of hydrogen-bond acceptors (Lipinski definition) is 2. The maximum Gasteiger partial charge on any atom is 0.0385 e. The normalized spacial score (nSPS) is 26.1. The lowest BCUT2D eigenvalue weighted by atomic mass is 9.84. The largest absolute Gasteiger partial charge is 0.330 e. The van der Waals surface area contributed by atoms with Crippen molar-refractivity contribution < 1.29 is 0 Å². The first-order valence-electron chi connectivity index (χ1n) is 6.61. The molecule has 1 aromatic rings. The molecule has 0 bridgehead atoms. The van der Waals surface area contributed by atoms with Gasteiger partial charge >= 0.3 is 0 Å². The summed E-state index contributed by atoms with van der Waals surface area (Å²) >= 11 is 0. The van der Waals surface area contributed by atoms with Crippen molar-refractivity contribution >= 4 is 0 Å². The predicted molar refractivity (Wildman–Crippen MR) is 73.1 cm³/mol. The van der Waals surface area contributed by atoms with Gasteiger partial charge in [0.2, 0.25) is 0 Å². The lowest BCUT2D eigenvalue weighted by Gasteiger charge is -2.39. The first-order valence-corrected chi connectivity index (χ1v) is 6.61. The molecule has 1 heterocycles. The SMILES string of the molecule is Cc1ccc(C2C(CN)CCCN2C)cc1C. The Bertz CT molecular complexity index is 387. The van der Waals surface area contributed by atoms with E-state index >= 15 is 0 Å². The maximum atomic E-state index is 5.93. The van der Waals surface area contributed by atoms with E-state index in [1.54, 1.807) is 0 Å². The number of aryl methyl sites for hydroxylation is 2. The number of nitrogens with zero attached hydrogens (tertiary/aromatic N) is 1. The van der Waals surface area contributed by atoms with E-state index in [1.165, 1.54) is 36.1 Å². The zero-order valence-electron chi connectivity index (χ0n) is 11.2. The van der Waals surface area contributed by atoms with Crippen molar-refractivity contribution in [3.05, 3.63) is 34.9 Å². The fourth-order valence-corrected chi connectivity index (χ4v) is 2.98. The van der Waals surface area contributed by atoms with Gasteiger partial charge in [0.05, 0.1) is 0 Å². The fourth-order valence-electron chi connectivity index (χ4n) is 2.98. The quantitative estimate of drug-likeness (QED) is 0.849. The van der Waals surface area contributed by atoms with E-state index < -0.39 is 0 Å². The molecule has 2 atom stereocenters. The van der Waals surface area contributed by atoms with E-state index in [0.29, 0.717) is 12.0 Å². The van der Waals surface area contributed by atoms with Gasteiger partial charge in [0.25, 0.3) is 0 Å². The summed E-state index contributed by atoms with van der Waals surface area (Å²) in [5.74, 6) is 0.607. The van der Waals surface area contributed by atoms with Crippen LogP contribution < -0.4 is 5.73 Å². The van der Waals surface area contributed by atoms with Crippen molar-refractivity contribution in [1.82, 2.24) is 4.90 Å². The molecule has 0 aliphatic carbocycles. The topological polar surface area (TPSA) is 29.3 Å². The van der Waals surface area contributed by atoms with E-state index in [4.69, 9.17) is 5.73 Å². The van der Waals surface area contributed by atoms with Crippen LogP contribution in [0.1, 0.15) is 35.6 Å². The smallest absolute Gasteiger partial charge is 0.0385 e. The molecule has 2 unspecified atom stereocenters. The van der Waals surface area contributed by atoms with Crippen molar-refractivity contribution in [3.63, 3.8) is 0 Å². The predicted octanol–water partition coefficient (Wildman–Crippen LogP) is 2.65. The highest BCUT2D eigenvalue weighted by Gasteiger charge is 2.29. The number of benzene rings is 1. The third-order valence-electron chi connectivity index (χ3n) is 4.18. The third-order valence-corrected chi connectivity index (χ3v) is 4.18. The van der Waals surface area contributed by atoms with E-state index in [2.05, 4.69) is 44.0 Å². The van der Waals surface area contributed by atoms with Gasteiger partial charge in [-0.15, -0.1) is 0 Å². The summed E-state index contributed by atoms with van der Waals surface area (Å²) in [6.45, 7) is 6.35. The molecule has 2 rings (SSSR count). The molecular weight excluding hydrogens is 208 g/mol. The number of likely N-dealkylation sites (tertiary alicyclic amines) is 1. The van der Waals surface area contributed by atoms with Crippen LogP contribution in [-0.4, -0.2) is 25.0 Å². The molecule has 1 saturated heterocycles. The Balaban J connectivity index is 2.31. The van der Waals surface area contributed by atoms with Crippen LogP contribution in [0.5, 0.6) is 0 Å². The van der Waals surface area contributed by atoms with E-state index in [0.717, 1.165) is 6.54 Å². The van der Waals surface area contributed by atoms with Gasteiger partial charge in [-0.2, -0.15) is 0 Å². The van der Waals surface area contributed by atoms with Gasteiger partial charge in [-0.05, 0) is 69.4 Å². The van der Waals surface area contributed by atoms with Crippen LogP contribution in [0.3, 0.4) is 0 Å². The second kappa shape index (κ2) is 5.19. The Morgan fingerprint density at radius 3 is 2.71 bits per heavy atom. The summed E-state index contributed by atoms with van der Waals surface area (Å²) in [4.78, 5) is 2.46. The Kier molecular flexibility index (Phi) is 3.85. The first kappa shape index (κ1) is 12.6. The molecular formula is C15H24N2. The maximum absolute atomic E-state index is 5.93. The van der Waals surface area contributed by atoms with E-state index in [1.807, 2.05) is 0 Å².